The molecular formula is C17H24N2O2. The lowest BCUT2D eigenvalue weighted by Crippen LogP contribution is -2.24. The molecule has 1 rings (SSSR count). The first-order chi connectivity index (χ1) is 10.1. The summed E-state index contributed by atoms with van der Waals surface area (Å²) in [4.78, 5) is 0. The Morgan fingerprint density at radius 1 is 1.38 bits per heavy atom. The Bertz CT molecular complexity index is 516. The molecular weight excluding hydrogens is 264 g/mol. The number of hydrogen-bond donors (Lipinski definition) is 1. The smallest absolute Gasteiger partial charge is 0.174 e. The summed E-state index contributed by atoms with van der Waals surface area (Å²) in [6.45, 7) is 7.32. The number of methoxy groups -OCH3 is 1. The van der Waals surface area contributed by atoms with E-state index in [0.717, 1.165) is 18.5 Å². The van der Waals surface area contributed by atoms with Gasteiger partial charge in [-0.05, 0) is 24.1 Å². The first-order valence-corrected chi connectivity index (χ1v) is 7.21. The third kappa shape index (κ3) is 5.88. The fourth-order valence-corrected chi connectivity index (χ4v) is 1.85. The summed E-state index contributed by atoms with van der Waals surface area (Å²) in [7, 11) is 1.60. The molecule has 1 N–H and O–H groups in total. The van der Waals surface area contributed by atoms with Crippen molar-refractivity contribution in [2.45, 2.75) is 33.2 Å². The van der Waals surface area contributed by atoms with Crippen LogP contribution in [0.5, 0.6) is 11.5 Å². The predicted molar refractivity (Wildman–Crippen MR) is 85.5 cm³/mol. The second-order valence-electron chi connectivity index (χ2n) is 5.05. The molecule has 0 atom stereocenters. The lowest BCUT2D eigenvalue weighted by molar-refractivity contribution is 0.329. The van der Waals surface area contributed by atoms with Gasteiger partial charge < -0.3 is 14.8 Å². The zero-order chi connectivity index (χ0) is 15.7. The van der Waals surface area contributed by atoms with Crippen LogP contribution in [-0.2, 0) is 0 Å². The third-order valence-corrected chi connectivity index (χ3v) is 3.04. The maximum atomic E-state index is 8.57. The molecule has 0 fully saturated rings. The zero-order valence-electron chi connectivity index (χ0n) is 13.3. The second-order valence-corrected chi connectivity index (χ2v) is 5.05. The molecule has 0 aliphatic heterocycles. The van der Waals surface area contributed by atoms with Crippen LogP contribution in [0, 0.1) is 11.3 Å². The van der Waals surface area contributed by atoms with E-state index in [9.17, 15) is 0 Å². The lowest BCUT2D eigenvalue weighted by Gasteiger charge is -2.12. The number of rotatable bonds is 8. The first kappa shape index (κ1) is 17.1. The van der Waals surface area contributed by atoms with Crippen molar-refractivity contribution in [2.24, 2.45) is 0 Å². The van der Waals surface area contributed by atoms with Crippen molar-refractivity contribution in [3.63, 3.8) is 0 Å². The van der Waals surface area contributed by atoms with E-state index in [0.29, 0.717) is 17.5 Å². The summed E-state index contributed by atoms with van der Waals surface area (Å²) in [5.41, 5.74) is 2.40. The lowest BCUT2D eigenvalue weighted by atomic mass is 10.1. The van der Waals surface area contributed by atoms with Crippen LogP contribution in [0.15, 0.2) is 23.8 Å². The molecule has 0 aliphatic rings. The quantitative estimate of drug-likeness (QED) is 0.796. The highest BCUT2D eigenvalue weighted by Crippen LogP contribution is 2.29. The van der Waals surface area contributed by atoms with Crippen LogP contribution in [0.4, 0.5) is 0 Å². The molecule has 21 heavy (non-hydrogen) atoms. The molecule has 0 unspecified atom stereocenters. The molecule has 4 nitrogen and oxygen atoms in total. The van der Waals surface area contributed by atoms with Crippen LogP contribution in [-0.4, -0.2) is 26.3 Å². The van der Waals surface area contributed by atoms with Crippen molar-refractivity contribution in [1.82, 2.24) is 5.32 Å². The van der Waals surface area contributed by atoms with Gasteiger partial charge in [0.1, 0.15) is 6.07 Å². The summed E-state index contributed by atoms with van der Waals surface area (Å²) < 4.78 is 10.6. The van der Waals surface area contributed by atoms with Crippen LogP contribution in [0.25, 0.3) is 6.08 Å². The molecule has 0 saturated carbocycles. The van der Waals surface area contributed by atoms with E-state index in [2.05, 4.69) is 32.2 Å². The molecule has 0 aromatic heterocycles. The molecule has 114 valence electrons. The van der Waals surface area contributed by atoms with E-state index >= 15 is 0 Å². The monoisotopic (exact) mass is 288 g/mol. The van der Waals surface area contributed by atoms with Crippen LogP contribution in [0.3, 0.4) is 0 Å². The predicted octanol–water partition coefficient (Wildman–Crippen LogP) is 3.39. The summed E-state index contributed by atoms with van der Waals surface area (Å²) in [5, 5.41) is 12.0. The maximum absolute atomic E-state index is 8.57. The third-order valence-electron chi connectivity index (χ3n) is 3.04. The minimum atomic E-state index is 0.0179. The van der Waals surface area contributed by atoms with Gasteiger partial charge in [0.25, 0.3) is 0 Å². The fourth-order valence-electron chi connectivity index (χ4n) is 1.85. The largest absolute Gasteiger partial charge is 0.493 e. The summed E-state index contributed by atoms with van der Waals surface area (Å²) in [6, 6.07) is 8.16. The average Bonchev–Trinajstić information content (AvgIpc) is 2.49. The van der Waals surface area contributed by atoms with Crippen molar-refractivity contribution in [2.75, 3.05) is 20.3 Å². The number of ether oxygens (including phenoxy) is 2. The summed E-state index contributed by atoms with van der Waals surface area (Å²) in [6.07, 6.45) is 3.15. The van der Waals surface area contributed by atoms with Crippen LogP contribution in [0.1, 0.15) is 32.8 Å². The Balaban J connectivity index is 2.89. The molecule has 0 bridgehead atoms. The van der Waals surface area contributed by atoms with E-state index in [1.54, 1.807) is 7.11 Å². The highest BCUT2D eigenvalue weighted by Gasteiger charge is 2.05. The Kier molecular flexibility index (Phi) is 7.34. The molecule has 0 radical (unpaired) electrons. The Morgan fingerprint density at radius 3 is 2.71 bits per heavy atom. The van der Waals surface area contributed by atoms with Gasteiger partial charge in [-0.25, -0.2) is 0 Å². The van der Waals surface area contributed by atoms with Crippen LogP contribution < -0.4 is 14.8 Å². The highest BCUT2D eigenvalue weighted by atomic mass is 16.5. The maximum Gasteiger partial charge on any atom is 0.174 e. The zero-order valence-corrected chi connectivity index (χ0v) is 13.3. The Hall–Kier alpha value is -1.99. The molecule has 0 heterocycles. The standard InChI is InChI=1S/C17H24N2O2/c1-5-14(12-19-13(2)3)10-15-6-7-16(21-9-8-18)17(11-15)20-4/h6-7,10-11,13,19H,5,9,12H2,1-4H3. The van der Waals surface area contributed by atoms with Crippen molar-refractivity contribution >= 4 is 6.08 Å². The average molecular weight is 288 g/mol. The molecule has 0 amide bonds. The van der Waals surface area contributed by atoms with E-state index in [4.69, 9.17) is 14.7 Å². The Morgan fingerprint density at radius 2 is 2.14 bits per heavy atom. The van der Waals surface area contributed by atoms with Gasteiger partial charge in [0, 0.05) is 12.6 Å². The SMILES string of the molecule is CCC(=Cc1ccc(OCC#N)c(OC)c1)CNC(C)C. The molecule has 0 spiro atoms. The van der Waals surface area contributed by atoms with Gasteiger partial charge in [-0.15, -0.1) is 0 Å². The van der Waals surface area contributed by atoms with Crippen molar-refractivity contribution in [3.05, 3.63) is 29.3 Å². The number of benzene rings is 1. The number of nitrogens with zero attached hydrogens (tertiary/aromatic N) is 1. The van der Waals surface area contributed by atoms with Gasteiger partial charge in [0.15, 0.2) is 18.1 Å². The van der Waals surface area contributed by atoms with Crippen molar-refractivity contribution in [1.29, 1.82) is 5.26 Å². The molecule has 1 aromatic carbocycles. The van der Waals surface area contributed by atoms with Gasteiger partial charge in [-0.2, -0.15) is 5.26 Å². The highest BCUT2D eigenvalue weighted by molar-refractivity contribution is 5.58. The summed E-state index contributed by atoms with van der Waals surface area (Å²) >= 11 is 0. The number of nitrogens with one attached hydrogen (secondary N) is 1. The first-order valence-electron chi connectivity index (χ1n) is 7.21. The van der Waals surface area contributed by atoms with E-state index in [1.807, 2.05) is 24.3 Å². The van der Waals surface area contributed by atoms with Gasteiger partial charge in [-0.3, -0.25) is 0 Å². The number of nitriles is 1. The molecule has 1 aromatic rings. The van der Waals surface area contributed by atoms with Gasteiger partial charge in [-0.1, -0.05) is 38.5 Å². The van der Waals surface area contributed by atoms with E-state index < -0.39 is 0 Å². The molecule has 0 saturated heterocycles. The van der Waals surface area contributed by atoms with Gasteiger partial charge in [0.05, 0.1) is 7.11 Å². The van der Waals surface area contributed by atoms with Crippen LogP contribution in [0.2, 0.25) is 0 Å². The fraction of sp³-hybridized carbons (Fsp3) is 0.471. The minimum absolute atomic E-state index is 0.0179. The van der Waals surface area contributed by atoms with E-state index in [-0.39, 0.29) is 6.61 Å². The normalized spacial score (nSPS) is 11.3. The molecule has 4 heteroatoms. The van der Waals surface area contributed by atoms with Gasteiger partial charge >= 0.3 is 0 Å². The summed E-state index contributed by atoms with van der Waals surface area (Å²) in [5.74, 6) is 1.24. The number of hydrogen-bond acceptors (Lipinski definition) is 4. The van der Waals surface area contributed by atoms with Crippen molar-refractivity contribution in [3.8, 4) is 17.6 Å². The van der Waals surface area contributed by atoms with Gasteiger partial charge in [0.2, 0.25) is 0 Å². The molecule has 0 aliphatic carbocycles. The second kappa shape index (κ2) is 9.04. The van der Waals surface area contributed by atoms with Crippen LogP contribution >= 0.6 is 0 Å². The van der Waals surface area contributed by atoms with E-state index in [1.165, 1.54) is 5.57 Å². The van der Waals surface area contributed by atoms with Crippen molar-refractivity contribution < 1.29 is 9.47 Å². The Labute approximate surface area is 127 Å². The topological polar surface area (TPSA) is 54.3 Å². The minimum Gasteiger partial charge on any atom is -0.493 e.